The van der Waals surface area contributed by atoms with E-state index < -0.39 is 10.2 Å². The van der Waals surface area contributed by atoms with Crippen molar-refractivity contribution >= 4 is 0 Å². The summed E-state index contributed by atoms with van der Waals surface area (Å²) < 4.78 is 30.2. The molecule has 0 saturated heterocycles. The predicted molar refractivity (Wildman–Crippen MR) is 142 cm³/mol. The van der Waals surface area contributed by atoms with Gasteiger partial charge in [-0.1, -0.05) is 119 Å². The third-order valence-corrected chi connectivity index (χ3v) is 8.73. The molecule has 0 bridgehead atoms. The summed E-state index contributed by atoms with van der Waals surface area (Å²) >= 11 is 0. The molecule has 0 amide bonds. The number of fused-ring (bicyclic) bond motifs is 4. The number of halogens is 1. The SMILES string of the molecule is C1=CC/C2=C/[N-]C3CCCCC3C[N-]C3CCCCC3C[N-]C3CCCCC3C[N-]C2=C1.[Ni+2].[O-][Cl+](O)(O)O. The molecule has 220 valence electrons. The van der Waals surface area contributed by atoms with Gasteiger partial charge < -0.3 is 21.3 Å². The molecule has 5 aliphatic rings. The fourth-order valence-electron chi connectivity index (χ4n) is 6.66. The van der Waals surface area contributed by atoms with E-state index in [0.717, 1.165) is 31.8 Å². The Morgan fingerprint density at radius 1 is 0.711 bits per heavy atom. The number of rotatable bonds is 0. The molecule has 1 heterocycles. The molecule has 6 atom stereocenters. The Morgan fingerprint density at radius 2 is 1.18 bits per heavy atom. The molecule has 0 aromatic rings. The molecule has 0 spiro atoms. The summed E-state index contributed by atoms with van der Waals surface area (Å²) in [6.45, 7) is 2.97. The van der Waals surface area contributed by atoms with Crippen LogP contribution in [-0.2, 0) is 16.5 Å². The van der Waals surface area contributed by atoms with Crippen LogP contribution in [0.3, 0.4) is 0 Å². The van der Waals surface area contributed by atoms with E-state index in [4.69, 9.17) is 39.9 Å². The Morgan fingerprint density at radius 3 is 1.76 bits per heavy atom. The van der Waals surface area contributed by atoms with Crippen molar-refractivity contribution in [2.45, 2.75) is 102 Å². The van der Waals surface area contributed by atoms with Crippen LogP contribution in [0.15, 0.2) is 35.7 Å². The van der Waals surface area contributed by atoms with Crippen LogP contribution in [0.1, 0.15) is 83.5 Å². The zero-order valence-electron chi connectivity index (χ0n) is 22.3. The maximum atomic E-state index is 8.83. The van der Waals surface area contributed by atoms with Gasteiger partial charge in [0.25, 0.3) is 0 Å². The van der Waals surface area contributed by atoms with Gasteiger partial charge in [0.05, 0.1) is 0 Å². The first-order valence-electron chi connectivity index (χ1n) is 14.3. The molecule has 4 aliphatic carbocycles. The monoisotopic (exact) mass is 594 g/mol. The van der Waals surface area contributed by atoms with Crippen molar-refractivity contribution in [1.82, 2.24) is 0 Å². The molecule has 0 radical (unpaired) electrons. The van der Waals surface area contributed by atoms with Crippen molar-refractivity contribution < 1.29 is 45.4 Å². The van der Waals surface area contributed by atoms with E-state index in [2.05, 4.69) is 24.4 Å². The average molecular weight is 596 g/mol. The third kappa shape index (κ3) is 10.4. The zero-order chi connectivity index (χ0) is 26.1. The van der Waals surface area contributed by atoms with Crippen LogP contribution < -0.4 is 4.66 Å². The molecule has 3 N–H and O–H groups in total. The van der Waals surface area contributed by atoms with Gasteiger partial charge in [-0.25, -0.2) is 0 Å². The average Bonchev–Trinajstić information content (AvgIpc) is 2.89. The Labute approximate surface area is 240 Å². The predicted octanol–water partition coefficient (Wildman–Crippen LogP) is 5.04. The second-order valence-electron chi connectivity index (χ2n) is 11.3. The summed E-state index contributed by atoms with van der Waals surface area (Å²) in [4.78, 5) is 0. The Hall–Kier alpha value is -0.636. The van der Waals surface area contributed by atoms with Crippen molar-refractivity contribution in [3.05, 3.63) is 57.0 Å². The molecule has 3 fully saturated rings. The number of hydrogen-bond acceptors (Lipinski definition) is 4. The summed E-state index contributed by atoms with van der Waals surface area (Å²) in [5.74, 6) is 1.91. The van der Waals surface area contributed by atoms with Crippen LogP contribution in [0.5, 0.6) is 0 Å². The van der Waals surface area contributed by atoms with Gasteiger partial charge in [0.15, 0.2) is 0 Å². The van der Waals surface area contributed by atoms with Crippen LogP contribution in [0, 0.1) is 28.0 Å². The first-order valence-corrected chi connectivity index (χ1v) is 15.6. The summed E-state index contributed by atoms with van der Waals surface area (Å²) in [6.07, 6.45) is 25.5. The minimum atomic E-state index is -4.19. The standard InChI is InChI=1S/C28H42N4.ClH3O4.Ni/c1-5-13-25-21(9-1)17-29-26-14-6-2-11-23(26)19-31-28-16-8-4-12-24(28)20-32-27-15-7-3-10-22(27)18-30-25;2-1(3,4)5;/h1,5,13,17,22-24,26-28H,2-4,6-12,14-16,18-20H2;2-4H;/q-4;;+2/b21-17-;;. The van der Waals surface area contributed by atoms with Crippen LogP contribution in [0.4, 0.5) is 0 Å². The van der Waals surface area contributed by atoms with E-state index >= 15 is 0 Å². The molecular formula is C28H45ClN4NiO4-2. The van der Waals surface area contributed by atoms with E-state index in [-0.39, 0.29) is 16.5 Å². The molecule has 10 heteroatoms. The van der Waals surface area contributed by atoms with Crippen molar-refractivity contribution in [2.75, 3.05) is 19.6 Å². The maximum absolute atomic E-state index is 8.83. The van der Waals surface area contributed by atoms with E-state index in [1.165, 1.54) is 82.6 Å². The van der Waals surface area contributed by atoms with Gasteiger partial charge in [-0.2, -0.15) is 6.20 Å². The fourth-order valence-corrected chi connectivity index (χ4v) is 6.66. The van der Waals surface area contributed by atoms with Gasteiger partial charge in [0.2, 0.25) is 0 Å². The molecule has 8 nitrogen and oxygen atoms in total. The van der Waals surface area contributed by atoms with Gasteiger partial charge in [0.1, 0.15) is 0 Å². The second-order valence-corrected chi connectivity index (χ2v) is 12.2. The van der Waals surface area contributed by atoms with Gasteiger partial charge >= 0.3 is 45.4 Å². The first-order chi connectivity index (χ1) is 17.9. The van der Waals surface area contributed by atoms with E-state index in [9.17, 15) is 0 Å². The number of nitrogens with zero attached hydrogens (tertiary/aromatic N) is 4. The Kier molecular flexibility index (Phi) is 13.4. The Balaban J connectivity index is 0.000000612. The molecule has 1 aliphatic heterocycles. The van der Waals surface area contributed by atoms with Crippen molar-refractivity contribution in [3.8, 4) is 0 Å². The van der Waals surface area contributed by atoms with Gasteiger partial charge in [0, 0.05) is 0 Å². The first kappa shape index (κ1) is 31.9. The fraction of sp³-hybridized carbons (Fsp3) is 0.786. The van der Waals surface area contributed by atoms with Crippen molar-refractivity contribution in [3.63, 3.8) is 0 Å². The summed E-state index contributed by atoms with van der Waals surface area (Å²) in [6, 6.07) is 1.48. The van der Waals surface area contributed by atoms with Gasteiger partial charge in [-0.15, -0.1) is 43.5 Å². The van der Waals surface area contributed by atoms with Crippen LogP contribution in [0.2, 0.25) is 0 Å². The van der Waals surface area contributed by atoms with E-state index in [1.807, 2.05) is 0 Å². The van der Waals surface area contributed by atoms with Gasteiger partial charge in [-0.3, -0.25) is 0 Å². The molecule has 38 heavy (non-hydrogen) atoms. The molecule has 0 aromatic heterocycles. The molecule has 5 rings (SSSR count). The van der Waals surface area contributed by atoms with E-state index in [0.29, 0.717) is 35.9 Å². The normalized spacial score (nSPS) is 36.2. The third-order valence-electron chi connectivity index (χ3n) is 8.73. The summed E-state index contributed by atoms with van der Waals surface area (Å²) in [5, 5.41) is 21.0. The van der Waals surface area contributed by atoms with Crippen LogP contribution >= 0.6 is 0 Å². The molecule has 3 saturated carbocycles. The second kappa shape index (κ2) is 16.0. The quantitative estimate of drug-likeness (QED) is 0.338. The topological polar surface area (TPSA) is 140 Å². The van der Waals surface area contributed by atoms with Gasteiger partial charge in [-0.05, 0) is 6.42 Å². The number of allylic oxidation sites excluding steroid dienone is 4. The van der Waals surface area contributed by atoms with Crippen molar-refractivity contribution in [2.24, 2.45) is 17.8 Å². The zero-order valence-corrected chi connectivity index (χ0v) is 24.1. The summed E-state index contributed by atoms with van der Waals surface area (Å²) in [5.41, 5.74) is 2.47. The Bertz CT molecular complexity index is 800. The molecule has 6 unspecified atom stereocenters. The molecular weight excluding hydrogens is 550 g/mol. The number of hydrogen-bond donors (Lipinski definition) is 3. The van der Waals surface area contributed by atoms with E-state index in [1.54, 1.807) is 0 Å². The minimum absolute atomic E-state index is 0. The van der Waals surface area contributed by atoms with Crippen molar-refractivity contribution in [1.29, 1.82) is 0 Å². The van der Waals surface area contributed by atoms with Crippen LogP contribution in [-0.4, -0.2) is 51.7 Å². The summed E-state index contributed by atoms with van der Waals surface area (Å²) in [7, 11) is -4.19. The molecule has 0 aromatic carbocycles. The van der Waals surface area contributed by atoms with Crippen LogP contribution in [0.25, 0.3) is 21.3 Å².